The smallest absolute Gasteiger partial charge is 0.142 e. The number of imidazole rings is 1. The van der Waals surface area contributed by atoms with E-state index in [0.717, 1.165) is 39.0 Å². The van der Waals surface area contributed by atoms with Crippen LogP contribution < -0.4 is 5.73 Å². The molecule has 0 unspecified atom stereocenters. The number of aromatic nitrogens is 3. The Morgan fingerprint density at radius 1 is 1.25 bits per heavy atom. The third-order valence-corrected chi connectivity index (χ3v) is 3.76. The zero-order chi connectivity index (χ0) is 14.1. The van der Waals surface area contributed by atoms with Crippen molar-refractivity contribution in [3.05, 3.63) is 46.7 Å². The zero-order valence-electron chi connectivity index (χ0n) is 11.2. The van der Waals surface area contributed by atoms with E-state index in [1.165, 1.54) is 0 Å². The Labute approximate surface area is 125 Å². The van der Waals surface area contributed by atoms with Gasteiger partial charge in [-0.3, -0.25) is 4.98 Å². The summed E-state index contributed by atoms with van der Waals surface area (Å²) >= 11 is 3.46. The van der Waals surface area contributed by atoms with Gasteiger partial charge in [-0.15, -0.1) is 0 Å². The van der Waals surface area contributed by atoms with E-state index in [1.807, 2.05) is 12.3 Å². The molecular formula is C15H15BrN4. The largest absolute Gasteiger partial charge is 0.326 e. The second-order valence-electron chi connectivity index (χ2n) is 4.60. The van der Waals surface area contributed by atoms with Gasteiger partial charge in [0.1, 0.15) is 5.82 Å². The first-order chi connectivity index (χ1) is 9.72. The molecule has 2 heterocycles. The Bertz CT molecular complexity index is 764. The average Bonchev–Trinajstić information content (AvgIpc) is 2.84. The molecule has 0 aliphatic carbocycles. The molecule has 102 valence electrons. The number of nitrogens with two attached hydrogens (primary N) is 1. The van der Waals surface area contributed by atoms with Crippen molar-refractivity contribution in [3.63, 3.8) is 0 Å². The van der Waals surface area contributed by atoms with Crippen molar-refractivity contribution in [2.75, 3.05) is 0 Å². The van der Waals surface area contributed by atoms with E-state index in [4.69, 9.17) is 10.7 Å². The lowest BCUT2D eigenvalue weighted by molar-refractivity contribution is 0.795. The van der Waals surface area contributed by atoms with Gasteiger partial charge < -0.3 is 10.3 Å². The molecule has 20 heavy (non-hydrogen) atoms. The van der Waals surface area contributed by atoms with Crippen molar-refractivity contribution >= 4 is 27.0 Å². The van der Waals surface area contributed by atoms with Crippen LogP contribution in [0.15, 0.2) is 41.1 Å². The number of pyridine rings is 1. The van der Waals surface area contributed by atoms with E-state index < -0.39 is 0 Å². The van der Waals surface area contributed by atoms with Gasteiger partial charge in [-0.2, -0.15) is 0 Å². The molecule has 4 nitrogen and oxygen atoms in total. The summed E-state index contributed by atoms with van der Waals surface area (Å²) in [5.41, 5.74) is 9.90. The molecule has 2 N–H and O–H groups in total. The van der Waals surface area contributed by atoms with E-state index >= 15 is 0 Å². The summed E-state index contributed by atoms with van der Waals surface area (Å²) in [6, 6.07) is 8.22. The molecule has 3 rings (SSSR count). The van der Waals surface area contributed by atoms with E-state index in [1.54, 1.807) is 6.20 Å². The molecule has 0 atom stereocenters. The number of hydrogen-bond acceptors (Lipinski definition) is 3. The van der Waals surface area contributed by atoms with Gasteiger partial charge in [-0.1, -0.05) is 6.07 Å². The van der Waals surface area contributed by atoms with Gasteiger partial charge in [0.2, 0.25) is 0 Å². The van der Waals surface area contributed by atoms with Gasteiger partial charge in [-0.25, -0.2) is 4.98 Å². The maximum absolute atomic E-state index is 5.70. The molecule has 0 radical (unpaired) electrons. The van der Waals surface area contributed by atoms with Gasteiger partial charge in [0.25, 0.3) is 0 Å². The van der Waals surface area contributed by atoms with Crippen LogP contribution >= 0.6 is 15.9 Å². The molecular weight excluding hydrogens is 316 g/mol. The normalized spacial score (nSPS) is 11.2. The number of hydrogen-bond donors (Lipinski definition) is 1. The second-order valence-corrected chi connectivity index (χ2v) is 5.51. The first-order valence-electron chi connectivity index (χ1n) is 6.53. The standard InChI is InChI=1S/C15H15BrN4/c1-2-20-14-4-3-10(7-17)5-13(14)19-15(20)11-6-12(16)9-18-8-11/h3-6,8-9H,2,7,17H2,1H3. The van der Waals surface area contributed by atoms with Crippen molar-refractivity contribution in [1.29, 1.82) is 0 Å². The fraction of sp³-hybridized carbons (Fsp3) is 0.200. The van der Waals surface area contributed by atoms with Gasteiger partial charge in [0.15, 0.2) is 0 Å². The topological polar surface area (TPSA) is 56.7 Å². The fourth-order valence-electron chi connectivity index (χ4n) is 2.38. The van der Waals surface area contributed by atoms with E-state index in [9.17, 15) is 0 Å². The van der Waals surface area contributed by atoms with Gasteiger partial charge >= 0.3 is 0 Å². The van der Waals surface area contributed by atoms with Crippen molar-refractivity contribution in [1.82, 2.24) is 14.5 Å². The van der Waals surface area contributed by atoms with Crippen molar-refractivity contribution in [2.24, 2.45) is 5.73 Å². The molecule has 0 amide bonds. The minimum Gasteiger partial charge on any atom is -0.326 e. The van der Waals surface area contributed by atoms with Crippen LogP contribution in [0.4, 0.5) is 0 Å². The quantitative estimate of drug-likeness (QED) is 0.801. The minimum atomic E-state index is 0.530. The molecule has 0 saturated heterocycles. The lowest BCUT2D eigenvalue weighted by atomic mass is 10.2. The summed E-state index contributed by atoms with van der Waals surface area (Å²) in [5, 5.41) is 0. The Hall–Kier alpha value is -1.72. The minimum absolute atomic E-state index is 0.530. The third kappa shape index (κ3) is 2.23. The van der Waals surface area contributed by atoms with Crippen molar-refractivity contribution in [2.45, 2.75) is 20.0 Å². The van der Waals surface area contributed by atoms with Crippen LogP contribution in [-0.2, 0) is 13.1 Å². The van der Waals surface area contributed by atoms with Crippen LogP contribution in [-0.4, -0.2) is 14.5 Å². The van der Waals surface area contributed by atoms with Gasteiger partial charge in [0.05, 0.1) is 11.0 Å². The number of halogens is 1. The maximum Gasteiger partial charge on any atom is 0.142 e. The predicted octanol–water partition coefficient (Wildman–Crippen LogP) is 3.34. The Kier molecular flexibility index (Phi) is 3.54. The lowest BCUT2D eigenvalue weighted by Crippen LogP contribution is -1.98. The second kappa shape index (κ2) is 5.34. The Morgan fingerprint density at radius 2 is 2.10 bits per heavy atom. The number of aryl methyl sites for hydroxylation is 1. The summed E-state index contributed by atoms with van der Waals surface area (Å²) in [7, 11) is 0. The highest BCUT2D eigenvalue weighted by Gasteiger charge is 2.12. The Balaban J connectivity index is 2.24. The van der Waals surface area contributed by atoms with Crippen LogP contribution in [0.1, 0.15) is 12.5 Å². The summed E-state index contributed by atoms with van der Waals surface area (Å²) in [6.07, 6.45) is 3.61. The lowest BCUT2D eigenvalue weighted by Gasteiger charge is -2.06. The molecule has 0 spiro atoms. The van der Waals surface area contributed by atoms with Gasteiger partial charge in [-0.05, 0) is 46.6 Å². The highest BCUT2D eigenvalue weighted by molar-refractivity contribution is 9.10. The molecule has 5 heteroatoms. The summed E-state index contributed by atoms with van der Waals surface area (Å²) in [5.74, 6) is 0.936. The van der Waals surface area contributed by atoms with E-state index in [2.05, 4.69) is 50.6 Å². The zero-order valence-corrected chi connectivity index (χ0v) is 12.8. The molecule has 0 fully saturated rings. The molecule has 0 saturated carbocycles. The first kappa shape index (κ1) is 13.3. The van der Waals surface area contributed by atoms with Crippen LogP contribution in [0.3, 0.4) is 0 Å². The highest BCUT2D eigenvalue weighted by atomic mass is 79.9. The van der Waals surface area contributed by atoms with Crippen LogP contribution in [0.2, 0.25) is 0 Å². The average molecular weight is 331 g/mol. The van der Waals surface area contributed by atoms with Crippen molar-refractivity contribution in [3.8, 4) is 11.4 Å². The summed E-state index contributed by atoms with van der Waals surface area (Å²) in [6.45, 7) is 3.51. The third-order valence-electron chi connectivity index (χ3n) is 3.33. The van der Waals surface area contributed by atoms with Gasteiger partial charge in [0, 0.05) is 35.5 Å². The number of fused-ring (bicyclic) bond motifs is 1. The highest BCUT2D eigenvalue weighted by Crippen LogP contribution is 2.26. The van der Waals surface area contributed by atoms with E-state index in [-0.39, 0.29) is 0 Å². The van der Waals surface area contributed by atoms with E-state index in [0.29, 0.717) is 6.54 Å². The molecule has 3 aromatic rings. The molecule has 0 aliphatic rings. The van der Waals surface area contributed by atoms with Crippen LogP contribution in [0, 0.1) is 0 Å². The first-order valence-corrected chi connectivity index (χ1v) is 7.32. The maximum atomic E-state index is 5.70. The molecule has 2 aromatic heterocycles. The fourth-order valence-corrected chi connectivity index (χ4v) is 2.74. The summed E-state index contributed by atoms with van der Waals surface area (Å²) < 4.78 is 3.14. The predicted molar refractivity (Wildman–Crippen MR) is 84.2 cm³/mol. The number of benzene rings is 1. The van der Waals surface area contributed by atoms with Crippen LogP contribution in [0.25, 0.3) is 22.4 Å². The van der Waals surface area contributed by atoms with Crippen molar-refractivity contribution < 1.29 is 0 Å². The number of nitrogens with zero attached hydrogens (tertiary/aromatic N) is 3. The van der Waals surface area contributed by atoms with Crippen LogP contribution in [0.5, 0.6) is 0 Å². The SMILES string of the molecule is CCn1c(-c2cncc(Br)c2)nc2cc(CN)ccc21. The Morgan fingerprint density at radius 3 is 2.80 bits per heavy atom. The molecule has 0 bridgehead atoms. The molecule has 1 aromatic carbocycles. The molecule has 0 aliphatic heterocycles. The number of rotatable bonds is 3. The summed E-state index contributed by atoms with van der Waals surface area (Å²) in [4.78, 5) is 8.97. The monoisotopic (exact) mass is 330 g/mol.